The van der Waals surface area contributed by atoms with Gasteiger partial charge in [-0.1, -0.05) is 18.2 Å². The number of amides is 1. The third kappa shape index (κ3) is 4.02. The molecule has 32 heavy (non-hydrogen) atoms. The van der Waals surface area contributed by atoms with Gasteiger partial charge in [0, 0.05) is 23.0 Å². The smallest absolute Gasteiger partial charge is 0.255 e. The van der Waals surface area contributed by atoms with Crippen LogP contribution in [0.1, 0.15) is 28.8 Å². The maximum atomic E-state index is 12.9. The molecule has 1 fully saturated rings. The van der Waals surface area contributed by atoms with Crippen LogP contribution in [0.25, 0.3) is 16.7 Å². The van der Waals surface area contributed by atoms with Crippen molar-refractivity contribution in [1.29, 1.82) is 0 Å². The fourth-order valence-corrected chi connectivity index (χ4v) is 4.90. The molecule has 0 saturated heterocycles. The molecule has 0 atom stereocenters. The zero-order valence-electron chi connectivity index (χ0n) is 17.4. The molecule has 5 rings (SSSR count). The van der Waals surface area contributed by atoms with Gasteiger partial charge in [-0.3, -0.25) is 9.36 Å². The highest BCUT2D eigenvalue weighted by Crippen LogP contribution is 2.24. The van der Waals surface area contributed by atoms with Crippen molar-refractivity contribution in [2.24, 2.45) is 0 Å². The van der Waals surface area contributed by atoms with Gasteiger partial charge in [0.05, 0.1) is 15.9 Å². The first-order valence-electron chi connectivity index (χ1n) is 10.4. The van der Waals surface area contributed by atoms with E-state index >= 15 is 0 Å². The van der Waals surface area contributed by atoms with Gasteiger partial charge in [0.2, 0.25) is 10.0 Å². The molecule has 1 aromatic heterocycles. The molecule has 0 radical (unpaired) electrons. The van der Waals surface area contributed by atoms with Crippen LogP contribution in [0.3, 0.4) is 0 Å². The lowest BCUT2D eigenvalue weighted by Crippen LogP contribution is -2.26. The quantitative estimate of drug-likeness (QED) is 0.468. The fourth-order valence-electron chi connectivity index (χ4n) is 3.57. The Morgan fingerprint density at radius 2 is 1.78 bits per heavy atom. The summed E-state index contributed by atoms with van der Waals surface area (Å²) in [5, 5.41) is 2.86. The van der Waals surface area contributed by atoms with Crippen molar-refractivity contribution in [2.45, 2.75) is 30.7 Å². The van der Waals surface area contributed by atoms with E-state index in [0.29, 0.717) is 16.8 Å². The Bertz CT molecular complexity index is 1420. The second kappa shape index (κ2) is 7.89. The molecule has 1 amide bonds. The summed E-state index contributed by atoms with van der Waals surface area (Å²) >= 11 is 0. The zero-order chi connectivity index (χ0) is 22.3. The Morgan fingerprint density at radius 1 is 1.03 bits per heavy atom. The SMILES string of the molecule is Cc1ccc(S(=O)(=O)NC2CC2)cc1C(=O)Nc1ccc(-n2cnc3ccccc32)cc1. The average molecular weight is 447 g/mol. The number of hydrogen-bond donors (Lipinski definition) is 2. The molecule has 0 aliphatic heterocycles. The molecular weight excluding hydrogens is 424 g/mol. The minimum Gasteiger partial charge on any atom is -0.322 e. The molecule has 162 valence electrons. The van der Waals surface area contributed by atoms with Crippen LogP contribution in [0.2, 0.25) is 0 Å². The summed E-state index contributed by atoms with van der Waals surface area (Å²) in [6.07, 6.45) is 3.47. The second-order valence-corrected chi connectivity index (χ2v) is 9.69. The Kier molecular flexibility index (Phi) is 5.03. The highest BCUT2D eigenvalue weighted by atomic mass is 32.2. The number of rotatable bonds is 6. The zero-order valence-corrected chi connectivity index (χ0v) is 18.3. The van der Waals surface area contributed by atoms with E-state index in [-0.39, 0.29) is 16.8 Å². The first-order chi connectivity index (χ1) is 15.4. The molecular formula is C24H22N4O3S. The minimum atomic E-state index is -3.63. The highest BCUT2D eigenvalue weighted by molar-refractivity contribution is 7.89. The first-order valence-corrected chi connectivity index (χ1v) is 11.9. The summed E-state index contributed by atoms with van der Waals surface area (Å²) in [5.74, 6) is -0.355. The first kappa shape index (κ1) is 20.4. The summed E-state index contributed by atoms with van der Waals surface area (Å²) in [5.41, 5.74) is 4.48. The van der Waals surface area contributed by atoms with Crippen LogP contribution in [0.15, 0.2) is 78.0 Å². The van der Waals surface area contributed by atoms with E-state index in [1.54, 1.807) is 19.3 Å². The van der Waals surface area contributed by atoms with Gasteiger partial charge < -0.3 is 5.32 Å². The fraction of sp³-hybridized carbons (Fsp3) is 0.167. The van der Waals surface area contributed by atoms with Crippen molar-refractivity contribution in [2.75, 3.05) is 5.32 Å². The number of carbonyl (C=O) groups is 1. The van der Waals surface area contributed by atoms with Crippen molar-refractivity contribution < 1.29 is 13.2 Å². The number of sulfonamides is 1. The van der Waals surface area contributed by atoms with E-state index in [0.717, 1.165) is 29.6 Å². The highest BCUT2D eigenvalue weighted by Gasteiger charge is 2.28. The number of benzene rings is 3. The number of nitrogens with zero attached hydrogens (tertiary/aromatic N) is 2. The molecule has 3 aromatic carbocycles. The van der Waals surface area contributed by atoms with Crippen LogP contribution in [-0.4, -0.2) is 29.9 Å². The number of fused-ring (bicyclic) bond motifs is 1. The van der Waals surface area contributed by atoms with Crippen molar-refractivity contribution in [3.05, 3.63) is 84.2 Å². The molecule has 0 unspecified atom stereocenters. The maximum absolute atomic E-state index is 12.9. The Morgan fingerprint density at radius 3 is 2.53 bits per heavy atom. The third-order valence-corrected chi connectivity index (χ3v) is 7.04. The number of hydrogen-bond acceptors (Lipinski definition) is 4. The Balaban J connectivity index is 1.36. The summed E-state index contributed by atoms with van der Waals surface area (Å²) in [4.78, 5) is 17.4. The van der Waals surface area contributed by atoms with Crippen LogP contribution in [0, 0.1) is 6.92 Å². The monoisotopic (exact) mass is 446 g/mol. The molecule has 1 aliphatic carbocycles. The second-order valence-electron chi connectivity index (χ2n) is 7.98. The number of nitrogens with one attached hydrogen (secondary N) is 2. The molecule has 0 spiro atoms. The summed E-state index contributed by atoms with van der Waals surface area (Å²) in [6.45, 7) is 1.78. The Hall–Kier alpha value is -3.49. The van der Waals surface area contributed by atoms with Gasteiger partial charge in [0.25, 0.3) is 5.91 Å². The van der Waals surface area contributed by atoms with Crippen LogP contribution >= 0.6 is 0 Å². The summed E-state index contributed by atoms with van der Waals surface area (Å²) < 4.78 is 29.7. The summed E-state index contributed by atoms with van der Waals surface area (Å²) in [7, 11) is -3.63. The van der Waals surface area contributed by atoms with Gasteiger partial charge in [-0.2, -0.15) is 0 Å². The van der Waals surface area contributed by atoms with E-state index < -0.39 is 10.0 Å². The van der Waals surface area contributed by atoms with E-state index in [9.17, 15) is 13.2 Å². The normalized spacial score (nSPS) is 13.9. The van der Waals surface area contributed by atoms with Gasteiger partial charge in [0.15, 0.2) is 0 Å². The standard InChI is InChI=1S/C24H22N4O3S/c1-16-6-13-20(32(30,31)27-18-7-8-18)14-21(16)24(29)26-17-9-11-19(12-10-17)28-15-25-22-4-2-3-5-23(22)28/h2-6,9-15,18,27H,7-8H2,1H3,(H,26,29). The van der Waals surface area contributed by atoms with Gasteiger partial charge in [-0.05, 0) is 73.9 Å². The number of imidazole rings is 1. The van der Waals surface area contributed by atoms with Crippen molar-refractivity contribution in [3.63, 3.8) is 0 Å². The van der Waals surface area contributed by atoms with Crippen LogP contribution < -0.4 is 10.0 Å². The van der Waals surface area contributed by atoms with Gasteiger partial charge in [-0.25, -0.2) is 18.1 Å². The lowest BCUT2D eigenvalue weighted by Gasteiger charge is -2.12. The number of aryl methyl sites for hydroxylation is 1. The van der Waals surface area contributed by atoms with E-state index in [2.05, 4.69) is 15.0 Å². The molecule has 1 saturated carbocycles. The number of carbonyl (C=O) groups excluding carboxylic acids is 1. The van der Waals surface area contributed by atoms with E-state index in [1.807, 2.05) is 53.1 Å². The molecule has 4 aromatic rings. The van der Waals surface area contributed by atoms with E-state index in [1.165, 1.54) is 12.1 Å². The topological polar surface area (TPSA) is 93.1 Å². The van der Waals surface area contributed by atoms with Crippen molar-refractivity contribution in [3.8, 4) is 5.69 Å². The van der Waals surface area contributed by atoms with Gasteiger partial charge in [-0.15, -0.1) is 0 Å². The van der Waals surface area contributed by atoms with Gasteiger partial charge in [0.1, 0.15) is 6.33 Å². The van der Waals surface area contributed by atoms with Crippen LogP contribution in [0.5, 0.6) is 0 Å². The predicted octanol–water partition coefficient (Wildman–Crippen LogP) is 4.03. The van der Waals surface area contributed by atoms with Crippen molar-refractivity contribution >= 4 is 32.7 Å². The van der Waals surface area contributed by atoms with Gasteiger partial charge >= 0.3 is 0 Å². The van der Waals surface area contributed by atoms with Crippen LogP contribution in [0.4, 0.5) is 5.69 Å². The summed E-state index contributed by atoms with van der Waals surface area (Å²) in [6, 6.07) is 19.9. The average Bonchev–Trinajstić information content (AvgIpc) is 3.48. The molecule has 7 nitrogen and oxygen atoms in total. The lowest BCUT2D eigenvalue weighted by atomic mass is 10.1. The molecule has 2 N–H and O–H groups in total. The molecule has 1 aliphatic rings. The Labute approximate surface area is 186 Å². The number of anilines is 1. The van der Waals surface area contributed by atoms with Crippen LogP contribution in [-0.2, 0) is 10.0 Å². The molecule has 8 heteroatoms. The van der Waals surface area contributed by atoms with Crippen molar-refractivity contribution in [1.82, 2.24) is 14.3 Å². The molecule has 0 bridgehead atoms. The van der Waals surface area contributed by atoms with E-state index in [4.69, 9.17) is 0 Å². The third-order valence-electron chi connectivity index (χ3n) is 5.52. The minimum absolute atomic E-state index is 0.00436. The number of para-hydroxylation sites is 2. The maximum Gasteiger partial charge on any atom is 0.255 e. The predicted molar refractivity (Wildman–Crippen MR) is 124 cm³/mol. The number of aromatic nitrogens is 2. The molecule has 1 heterocycles. The lowest BCUT2D eigenvalue weighted by molar-refractivity contribution is 0.102. The largest absolute Gasteiger partial charge is 0.322 e.